The van der Waals surface area contributed by atoms with E-state index in [4.69, 9.17) is 0 Å². The fourth-order valence-corrected chi connectivity index (χ4v) is 3.58. The molecule has 4 rings (SSSR count). The smallest absolute Gasteiger partial charge is 0.270 e. The lowest BCUT2D eigenvalue weighted by molar-refractivity contribution is -0.385. The number of non-ortho nitro benzene ring substituents is 1. The van der Waals surface area contributed by atoms with Gasteiger partial charge >= 0.3 is 0 Å². The summed E-state index contributed by atoms with van der Waals surface area (Å²) in [5.74, 6) is -0.660. The maximum Gasteiger partial charge on any atom is 0.272 e. The van der Waals surface area contributed by atoms with Crippen molar-refractivity contribution >= 4 is 34.0 Å². The van der Waals surface area contributed by atoms with E-state index in [9.17, 15) is 14.5 Å². The monoisotopic (exact) mass is 354 g/mol. The fourth-order valence-electron chi connectivity index (χ4n) is 2.73. The molecule has 2 heterocycles. The van der Waals surface area contributed by atoms with Crippen molar-refractivity contribution in [3.63, 3.8) is 0 Å². The van der Waals surface area contributed by atoms with Crippen molar-refractivity contribution in [1.29, 1.82) is 0 Å². The highest BCUT2D eigenvalue weighted by Gasteiger charge is 2.16. The van der Waals surface area contributed by atoms with Crippen LogP contribution in [0.5, 0.6) is 0 Å². The van der Waals surface area contributed by atoms with Crippen molar-refractivity contribution in [2.24, 2.45) is 0 Å². The predicted molar refractivity (Wildman–Crippen MR) is 92.4 cm³/mol. The molecule has 2 aromatic heterocycles. The van der Waals surface area contributed by atoms with Crippen LogP contribution in [-0.4, -0.2) is 19.5 Å². The van der Waals surface area contributed by atoms with Gasteiger partial charge in [0.15, 0.2) is 5.65 Å². The molecule has 0 aliphatic rings. The normalized spacial score (nSPS) is 11.3. The second-order valence-corrected chi connectivity index (χ2v) is 6.50. The molecule has 8 heteroatoms. The van der Waals surface area contributed by atoms with Gasteiger partial charge in [-0.15, -0.1) is 10.2 Å². The Hall–Kier alpha value is -3.00. The first kappa shape index (κ1) is 15.5. The van der Waals surface area contributed by atoms with Crippen molar-refractivity contribution in [1.82, 2.24) is 14.6 Å². The summed E-state index contributed by atoms with van der Waals surface area (Å²) in [5.41, 5.74) is 2.39. The highest BCUT2D eigenvalue weighted by Crippen LogP contribution is 2.33. The Balaban J connectivity index is 1.86. The van der Waals surface area contributed by atoms with Gasteiger partial charge in [-0.2, -0.15) is 0 Å². The topological polar surface area (TPSA) is 73.3 Å². The third-order valence-corrected chi connectivity index (χ3v) is 4.90. The third-order valence-electron chi connectivity index (χ3n) is 3.90. The Morgan fingerprint density at radius 1 is 1.16 bits per heavy atom. The summed E-state index contributed by atoms with van der Waals surface area (Å²) < 4.78 is 16.1. The van der Waals surface area contributed by atoms with Crippen LogP contribution in [0.4, 0.5) is 10.1 Å². The van der Waals surface area contributed by atoms with Gasteiger partial charge in [-0.1, -0.05) is 18.2 Å². The van der Waals surface area contributed by atoms with Crippen LogP contribution >= 0.6 is 11.8 Å². The zero-order chi connectivity index (χ0) is 17.6. The lowest BCUT2D eigenvalue weighted by Crippen LogP contribution is -1.94. The second-order valence-electron chi connectivity index (χ2n) is 5.49. The minimum atomic E-state index is -0.660. The van der Waals surface area contributed by atoms with Gasteiger partial charge in [-0.3, -0.25) is 14.5 Å². The Labute approximate surface area is 145 Å². The van der Waals surface area contributed by atoms with Crippen LogP contribution in [0.1, 0.15) is 5.56 Å². The summed E-state index contributed by atoms with van der Waals surface area (Å²) in [4.78, 5) is 10.4. The van der Waals surface area contributed by atoms with E-state index in [2.05, 4.69) is 10.2 Å². The summed E-state index contributed by atoms with van der Waals surface area (Å²) in [7, 11) is 0. The molecule has 124 valence electrons. The number of aromatic nitrogens is 3. The van der Waals surface area contributed by atoms with Crippen molar-refractivity contribution in [2.75, 3.05) is 0 Å². The summed E-state index contributed by atoms with van der Waals surface area (Å²) in [6, 6.07) is 13.3. The first-order valence-electron chi connectivity index (χ1n) is 7.40. The fraction of sp³-hybridized carbons (Fsp3) is 0.0588. The van der Waals surface area contributed by atoms with E-state index in [1.807, 2.05) is 41.7 Å². The number of nitro benzene ring substituents is 1. The average molecular weight is 354 g/mol. The quantitative estimate of drug-likeness (QED) is 0.403. The molecule has 0 radical (unpaired) electrons. The van der Waals surface area contributed by atoms with E-state index in [1.54, 1.807) is 0 Å². The van der Waals surface area contributed by atoms with Crippen LogP contribution in [0.15, 0.2) is 58.6 Å². The molecule has 0 N–H and O–H groups in total. The van der Waals surface area contributed by atoms with Crippen molar-refractivity contribution in [3.8, 4) is 0 Å². The van der Waals surface area contributed by atoms with E-state index in [1.165, 1.54) is 12.1 Å². The number of rotatable bonds is 3. The molecule has 0 amide bonds. The number of para-hydroxylation sites is 1. The van der Waals surface area contributed by atoms with Crippen molar-refractivity contribution in [3.05, 3.63) is 70.0 Å². The lowest BCUT2D eigenvalue weighted by Gasteiger charge is -2.07. The van der Waals surface area contributed by atoms with Crippen LogP contribution in [0.25, 0.3) is 16.6 Å². The Morgan fingerprint density at radius 2 is 1.96 bits per heavy atom. The first-order chi connectivity index (χ1) is 12.0. The average Bonchev–Trinajstić information content (AvgIpc) is 2.99. The summed E-state index contributed by atoms with van der Waals surface area (Å²) in [6.07, 6.45) is 0. The third kappa shape index (κ3) is 2.60. The Morgan fingerprint density at radius 3 is 2.72 bits per heavy atom. The Bertz CT molecular complexity index is 1140. The maximum absolute atomic E-state index is 14.2. The zero-order valence-electron chi connectivity index (χ0n) is 13.0. The number of pyridine rings is 1. The lowest BCUT2D eigenvalue weighted by atomic mass is 10.1. The standard InChI is InChI=1S/C17H11FN4O2S/c1-10-8-16-19-20-17(21(16)14-5-3-2-4-12(10)14)25-15-7-6-11(22(23)24)9-13(15)18/h2-9H,1H3. The molecule has 25 heavy (non-hydrogen) atoms. The van der Waals surface area contributed by atoms with Crippen LogP contribution in [0.3, 0.4) is 0 Å². The molecule has 4 aromatic rings. The van der Waals surface area contributed by atoms with Crippen LogP contribution in [0, 0.1) is 22.9 Å². The van der Waals surface area contributed by atoms with Gasteiger partial charge in [0.2, 0.25) is 5.16 Å². The number of nitro groups is 1. The number of hydrogen-bond acceptors (Lipinski definition) is 5. The van der Waals surface area contributed by atoms with E-state index >= 15 is 0 Å². The van der Waals surface area contributed by atoms with Crippen molar-refractivity contribution in [2.45, 2.75) is 17.0 Å². The number of benzene rings is 2. The van der Waals surface area contributed by atoms with Gasteiger partial charge < -0.3 is 0 Å². The number of nitrogens with zero attached hydrogens (tertiary/aromatic N) is 4. The largest absolute Gasteiger partial charge is 0.272 e. The number of halogens is 1. The van der Waals surface area contributed by atoms with E-state index < -0.39 is 10.7 Å². The van der Waals surface area contributed by atoms with E-state index in [0.717, 1.165) is 34.3 Å². The zero-order valence-corrected chi connectivity index (χ0v) is 13.8. The molecule has 6 nitrogen and oxygen atoms in total. The Kier molecular flexibility index (Phi) is 3.61. The highest BCUT2D eigenvalue weighted by atomic mass is 32.2. The molecule has 0 saturated carbocycles. The molecule has 0 spiro atoms. The summed E-state index contributed by atoms with van der Waals surface area (Å²) in [5, 5.41) is 20.6. The highest BCUT2D eigenvalue weighted by molar-refractivity contribution is 7.99. The van der Waals surface area contributed by atoms with Gasteiger partial charge in [0, 0.05) is 11.5 Å². The molecule has 2 aromatic carbocycles. The van der Waals surface area contributed by atoms with Gasteiger partial charge in [0.25, 0.3) is 5.69 Å². The molecule has 0 aliphatic carbocycles. The molecular formula is C17H11FN4O2S. The molecule has 0 unspecified atom stereocenters. The molecule has 0 saturated heterocycles. The predicted octanol–water partition coefficient (Wildman–Crippen LogP) is 4.39. The molecule has 0 bridgehead atoms. The van der Waals surface area contributed by atoms with Gasteiger partial charge in [-0.25, -0.2) is 4.39 Å². The van der Waals surface area contributed by atoms with Gasteiger partial charge in [0.1, 0.15) is 5.82 Å². The van der Waals surface area contributed by atoms with Crippen LogP contribution in [-0.2, 0) is 0 Å². The molecule has 0 aliphatic heterocycles. The summed E-state index contributed by atoms with van der Waals surface area (Å²) in [6.45, 7) is 2.00. The van der Waals surface area contributed by atoms with Gasteiger partial charge in [-0.05, 0) is 42.4 Å². The minimum Gasteiger partial charge on any atom is -0.270 e. The first-order valence-corrected chi connectivity index (χ1v) is 8.21. The number of hydrogen-bond donors (Lipinski definition) is 0. The maximum atomic E-state index is 14.2. The number of fused-ring (bicyclic) bond motifs is 3. The van der Waals surface area contributed by atoms with Gasteiger partial charge in [0.05, 0.1) is 21.4 Å². The second kappa shape index (κ2) is 5.82. The number of aryl methyl sites for hydroxylation is 1. The SMILES string of the molecule is Cc1cc2nnc(Sc3ccc([N+](=O)[O-])cc3F)n2c2ccccc12. The van der Waals surface area contributed by atoms with Crippen LogP contribution in [0.2, 0.25) is 0 Å². The van der Waals surface area contributed by atoms with E-state index in [0.29, 0.717) is 10.8 Å². The van der Waals surface area contributed by atoms with Crippen LogP contribution < -0.4 is 0 Å². The molecule has 0 fully saturated rings. The molecular weight excluding hydrogens is 343 g/mol. The summed E-state index contributed by atoms with van der Waals surface area (Å²) >= 11 is 1.08. The van der Waals surface area contributed by atoms with E-state index in [-0.39, 0.29) is 10.6 Å². The molecule has 0 atom stereocenters. The minimum absolute atomic E-state index is 0.254. The van der Waals surface area contributed by atoms with Crippen molar-refractivity contribution < 1.29 is 9.31 Å².